The zero-order chi connectivity index (χ0) is 14.7. The molecule has 2 aromatic carbocycles. The lowest BCUT2D eigenvalue weighted by molar-refractivity contribution is 0.102. The summed E-state index contributed by atoms with van der Waals surface area (Å²) in [6.07, 6.45) is 3.47. The molecule has 5 heteroatoms. The van der Waals surface area contributed by atoms with Crippen LogP contribution in [0, 0.1) is 0 Å². The highest BCUT2D eigenvalue weighted by molar-refractivity contribution is 6.11. The Balaban J connectivity index is 1.97. The molecule has 0 unspecified atom stereocenters. The topological polar surface area (TPSA) is 80.0 Å². The maximum atomic E-state index is 12.4. The molecule has 0 saturated heterocycles. The molecule has 0 spiro atoms. The molecular weight excluding hydrogens is 264 g/mol. The maximum Gasteiger partial charge on any atom is 0.257 e. The van der Waals surface area contributed by atoms with Gasteiger partial charge in [-0.05, 0) is 24.3 Å². The second-order valence-electron chi connectivity index (χ2n) is 4.55. The third-order valence-corrected chi connectivity index (χ3v) is 3.26. The van der Waals surface area contributed by atoms with Gasteiger partial charge in [-0.2, -0.15) is 0 Å². The zero-order valence-electron chi connectivity index (χ0n) is 11.2. The van der Waals surface area contributed by atoms with Gasteiger partial charge in [-0.1, -0.05) is 24.3 Å². The van der Waals surface area contributed by atoms with Crippen LogP contribution in [-0.4, -0.2) is 10.9 Å². The second kappa shape index (κ2) is 5.60. The highest BCUT2D eigenvalue weighted by atomic mass is 16.1. The van der Waals surface area contributed by atoms with Crippen LogP contribution in [0.15, 0.2) is 60.9 Å². The quantitative estimate of drug-likeness (QED) is 0.508. The van der Waals surface area contributed by atoms with Gasteiger partial charge in [0, 0.05) is 28.9 Å². The van der Waals surface area contributed by atoms with Crippen molar-refractivity contribution in [1.82, 2.24) is 4.98 Å². The van der Waals surface area contributed by atoms with E-state index in [1.807, 2.05) is 30.3 Å². The third kappa shape index (κ3) is 2.54. The predicted molar refractivity (Wildman–Crippen MR) is 83.9 cm³/mol. The summed E-state index contributed by atoms with van der Waals surface area (Å²) in [6, 6.07) is 14.6. The van der Waals surface area contributed by atoms with E-state index in [-0.39, 0.29) is 5.91 Å². The fraction of sp³-hybridized carbons (Fsp3) is 0. The Kier molecular flexibility index (Phi) is 3.49. The lowest BCUT2D eigenvalue weighted by atomic mass is 10.1. The molecule has 3 rings (SSSR count). The van der Waals surface area contributed by atoms with Crippen molar-refractivity contribution in [3.05, 3.63) is 66.5 Å². The molecule has 1 heterocycles. The van der Waals surface area contributed by atoms with Crippen molar-refractivity contribution in [1.29, 1.82) is 0 Å². The minimum Gasteiger partial charge on any atom is -0.323 e. The Morgan fingerprint density at radius 3 is 2.67 bits per heavy atom. The average Bonchev–Trinajstić information content (AvgIpc) is 2.55. The Labute approximate surface area is 121 Å². The van der Waals surface area contributed by atoms with Crippen LogP contribution in [0.25, 0.3) is 10.8 Å². The zero-order valence-corrected chi connectivity index (χ0v) is 11.2. The molecule has 1 amide bonds. The van der Waals surface area contributed by atoms with Crippen LogP contribution in [0.3, 0.4) is 0 Å². The first-order valence-electron chi connectivity index (χ1n) is 6.49. The van der Waals surface area contributed by atoms with E-state index in [9.17, 15) is 4.79 Å². The van der Waals surface area contributed by atoms with Gasteiger partial charge in [0.1, 0.15) is 0 Å². The number of hydrogen-bond acceptors (Lipinski definition) is 4. The number of nitrogens with one attached hydrogen (secondary N) is 2. The molecule has 1 aromatic heterocycles. The monoisotopic (exact) mass is 278 g/mol. The summed E-state index contributed by atoms with van der Waals surface area (Å²) in [7, 11) is 0. The number of para-hydroxylation sites is 1. The van der Waals surface area contributed by atoms with Crippen molar-refractivity contribution < 1.29 is 4.79 Å². The van der Waals surface area contributed by atoms with Crippen LogP contribution in [0.2, 0.25) is 0 Å². The molecule has 0 saturated carbocycles. The molecular formula is C16H14N4O. The van der Waals surface area contributed by atoms with Gasteiger partial charge in [0.2, 0.25) is 0 Å². The second-order valence-corrected chi connectivity index (χ2v) is 4.55. The van der Waals surface area contributed by atoms with Gasteiger partial charge in [-0.3, -0.25) is 15.6 Å². The standard InChI is InChI=1S/C16H14N4O/c17-20-15-6-2-1-5-13(15)16(21)19-14-7-3-4-11-10-18-9-8-12(11)14/h1-10,20H,17H2,(H,19,21). The first kappa shape index (κ1) is 13.1. The minimum atomic E-state index is -0.215. The number of nitrogens with two attached hydrogens (primary N) is 1. The summed E-state index contributed by atoms with van der Waals surface area (Å²) in [5, 5.41) is 4.83. The SMILES string of the molecule is NNc1ccccc1C(=O)Nc1cccc2cnccc12. The van der Waals surface area contributed by atoms with Gasteiger partial charge in [-0.15, -0.1) is 0 Å². The summed E-state index contributed by atoms with van der Waals surface area (Å²) < 4.78 is 0. The number of anilines is 2. The number of hydrogen-bond donors (Lipinski definition) is 3. The summed E-state index contributed by atoms with van der Waals surface area (Å²) in [4.78, 5) is 16.5. The van der Waals surface area contributed by atoms with Gasteiger partial charge < -0.3 is 10.7 Å². The van der Waals surface area contributed by atoms with E-state index in [0.717, 1.165) is 16.5 Å². The number of nitrogen functional groups attached to an aromatic ring is 1. The molecule has 3 aromatic rings. The summed E-state index contributed by atoms with van der Waals surface area (Å²) in [6.45, 7) is 0. The van der Waals surface area contributed by atoms with Crippen LogP contribution in [-0.2, 0) is 0 Å². The molecule has 0 bridgehead atoms. The normalized spacial score (nSPS) is 10.3. The molecule has 4 N–H and O–H groups in total. The van der Waals surface area contributed by atoms with Gasteiger partial charge in [-0.25, -0.2) is 0 Å². The highest BCUT2D eigenvalue weighted by Crippen LogP contribution is 2.23. The number of carbonyl (C=O) groups is 1. The van der Waals surface area contributed by atoms with Crippen molar-refractivity contribution in [2.75, 3.05) is 10.7 Å². The van der Waals surface area contributed by atoms with Gasteiger partial charge >= 0.3 is 0 Å². The highest BCUT2D eigenvalue weighted by Gasteiger charge is 2.11. The van der Waals surface area contributed by atoms with E-state index < -0.39 is 0 Å². The van der Waals surface area contributed by atoms with E-state index >= 15 is 0 Å². The Morgan fingerprint density at radius 2 is 1.81 bits per heavy atom. The molecule has 0 aliphatic carbocycles. The van der Waals surface area contributed by atoms with E-state index in [2.05, 4.69) is 15.7 Å². The molecule has 0 aliphatic heterocycles. The maximum absolute atomic E-state index is 12.4. The Hall–Kier alpha value is -2.92. The first-order chi connectivity index (χ1) is 10.3. The number of hydrazine groups is 1. The summed E-state index contributed by atoms with van der Waals surface area (Å²) >= 11 is 0. The molecule has 0 atom stereocenters. The van der Waals surface area contributed by atoms with Gasteiger partial charge in [0.15, 0.2) is 0 Å². The number of nitrogens with zero attached hydrogens (tertiary/aromatic N) is 1. The third-order valence-electron chi connectivity index (χ3n) is 3.26. The van der Waals surface area contributed by atoms with Gasteiger partial charge in [0.05, 0.1) is 11.3 Å². The fourth-order valence-electron chi connectivity index (χ4n) is 2.23. The molecule has 0 radical (unpaired) electrons. The smallest absolute Gasteiger partial charge is 0.257 e. The van der Waals surface area contributed by atoms with Crippen molar-refractivity contribution >= 4 is 28.1 Å². The van der Waals surface area contributed by atoms with Crippen LogP contribution < -0.4 is 16.6 Å². The van der Waals surface area contributed by atoms with E-state index in [0.29, 0.717) is 11.3 Å². The number of benzene rings is 2. The minimum absolute atomic E-state index is 0.215. The number of pyridine rings is 1. The predicted octanol–water partition coefficient (Wildman–Crippen LogP) is 2.77. The first-order valence-corrected chi connectivity index (χ1v) is 6.49. The number of fused-ring (bicyclic) bond motifs is 1. The number of rotatable bonds is 3. The van der Waals surface area contributed by atoms with E-state index in [4.69, 9.17) is 5.84 Å². The Morgan fingerprint density at radius 1 is 1.00 bits per heavy atom. The lowest BCUT2D eigenvalue weighted by Crippen LogP contribution is -2.17. The Bertz CT molecular complexity index is 796. The van der Waals surface area contributed by atoms with E-state index in [1.165, 1.54) is 0 Å². The van der Waals surface area contributed by atoms with Crippen molar-refractivity contribution in [3.63, 3.8) is 0 Å². The molecule has 5 nitrogen and oxygen atoms in total. The van der Waals surface area contributed by atoms with Crippen LogP contribution in [0.1, 0.15) is 10.4 Å². The summed E-state index contributed by atoms with van der Waals surface area (Å²) in [5.41, 5.74) is 4.34. The van der Waals surface area contributed by atoms with E-state index in [1.54, 1.807) is 30.6 Å². The van der Waals surface area contributed by atoms with Gasteiger partial charge in [0.25, 0.3) is 5.91 Å². The molecule has 21 heavy (non-hydrogen) atoms. The van der Waals surface area contributed by atoms with Crippen LogP contribution in [0.4, 0.5) is 11.4 Å². The van der Waals surface area contributed by atoms with Crippen molar-refractivity contribution in [2.24, 2.45) is 5.84 Å². The lowest BCUT2D eigenvalue weighted by Gasteiger charge is -2.11. The van der Waals surface area contributed by atoms with Crippen molar-refractivity contribution in [2.45, 2.75) is 0 Å². The molecule has 104 valence electrons. The molecule has 0 aliphatic rings. The fourth-order valence-corrected chi connectivity index (χ4v) is 2.23. The largest absolute Gasteiger partial charge is 0.323 e. The number of carbonyl (C=O) groups excluding carboxylic acids is 1. The molecule has 0 fully saturated rings. The van der Waals surface area contributed by atoms with Crippen LogP contribution in [0.5, 0.6) is 0 Å². The summed E-state index contributed by atoms with van der Waals surface area (Å²) in [5.74, 6) is 5.22. The van der Waals surface area contributed by atoms with Crippen molar-refractivity contribution in [3.8, 4) is 0 Å². The average molecular weight is 278 g/mol. The number of aromatic nitrogens is 1. The number of amides is 1. The van der Waals surface area contributed by atoms with Crippen LogP contribution >= 0.6 is 0 Å².